The molecule has 1 rings (SSSR count). The highest BCUT2D eigenvalue weighted by molar-refractivity contribution is 7.91. The van der Waals surface area contributed by atoms with Gasteiger partial charge in [-0.3, -0.25) is 0 Å². The van der Waals surface area contributed by atoms with Crippen LogP contribution in [-0.4, -0.2) is 37.2 Å². The van der Waals surface area contributed by atoms with E-state index in [-0.39, 0.29) is 15.7 Å². The number of sulfonamides is 1. The van der Waals surface area contributed by atoms with Gasteiger partial charge >= 0.3 is 5.97 Å². The number of nitrogens with one attached hydrogen (secondary N) is 1. The van der Waals surface area contributed by atoms with Crippen molar-refractivity contribution in [3.63, 3.8) is 0 Å². The molecule has 3 N–H and O–H groups in total. The molecule has 6 nitrogen and oxygen atoms in total. The van der Waals surface area contributed by atoms with Gasteiger partial charge in [-0.15, -0.1) is 11.3 Å². The first-order chi connectivity index (χ1) is 7.77. The molecular weight excluding hydrogens is 266 g/mol. The number of carboxylic acids is 1. The molecule has 0 aromatic carbocycles. The smallest absolute Gasteiger partial charge is 0.346 e. The zero-order valence-corrected chi connectivity index (χ0v) is 10.9. The van der Waals surface area contributed by atoms with E-state index in [0.29, 0.717) is 16.9 Å². The van der Waals surface area contributed by atoms with Crippen LogP contribution in [0.25, 0.3) is 0 Å². The second-order valence-electron chi connectivity index (χ2n) is 3.59. The molecule has 0 aliphatic carbocycles. The first-order valence-corrected chi connectivity index (χ1v) is 7.05. The van der Waals surface area contributed by atoms with E-state index in [1.165, 1.54) is 19.9 Å². The van der Waals surface area contributed by atoms with E-state index < -0.39 is 22.0 Å². The number of aliphatic hydroxyl groups is 1. The minimum Gasteiger partial charge on any atom is -0.477 e. The third-order valence-corrected chi connectivity index (χ3v) is 5.27. The summed E-state index contributed by atoms with van der Waals surface area (Å²) in [6.07, 6.45) is 0. The first-order valence-electron chi connectivity index (χ1n) is 4.75. The van der Waals surface area contributed by atoms with E-state index in [1.807, 2.05) is 0 Å². The van der Waals surface area contributed by atoms with Crippen LogP contribution in [0, 0.1) is 6.92 Å². The number of hydrogen-bond donors (Lipinski definition) is 3. The molecule has 0 unspecified atom stereocenters. The number of thiophene rings is 1. The van der Waals surface area contributed by atoms with Gasteiger partial charge in [-0.1, -0.05) is 0 Å². The van der Waals surface area contributed by atoms with Gasteiger partial charge in [0.2, 0.25) is 10.0 Å². The predicted octanol–water partition coefficient (Wildman–Crippen LogP) is 0.414. The van der Waals surface area contributed by atoms with Crippen molar-refractivity contribution in [3.8, 4) is 0 Å². The largest absolute Gasteiger partial charge is 0.477 e. The maximum absolute atomic E-state index is 11.8. The second-order valence-corrected chi connectivity index (χ2v) is 6.58. The Kier molecular flexibility index (Phi) is 4.26. The Balaban J connectivity index is 3.08. The lowest BCUT2D eigenvalue weighted by Crippen LogP contribution is -2.34. The number of hydrogen-bond acceptors (Lipinski definition) is 5. The van der Waals surface area contributed by atoms with Crippen LogP contribution in [0.3, 0.4) is 0 Å². The fourth-order valence-corrected chi connectivity index (χ4v) is 3.79. The van der Waals surface area contributed by atoms with Crippen molar-refractivity contribution in [2.24, 2.45) is 0 Å². The summed E-state index contributed by atoms with van der Waals surface area (Å²) in [4.78, 5) is 10.8. The lowest BCUT2D eigenvalue weighted by molar-refractivity contribution is 0.0701. The summed E-state index contributed by atoms with van der Waals surface area (Å²) in [6.45, 7) is 2.72. The molecule has 96 valence electrons. The summed E-state index contributed by atoms with van der Waals surface area (Å²) >= 11 is 0.695. The maximum Gasteiger partial charge on any atom is 0.346 e. The fourth-order valence-electron chi connectivity index (χ4n) is 1.16. The van der Waals surface area contributed by atoms with Crippen molar-refractivity contribution in [2.75, 3.05) is 6.61 Å². The zero-order chi connectivity index (χ0) is 13.2. The summed E-state index contributed by atoms with van der Waals surface area (Å²) in [5.74, 6) is -1.15. The Bertz CT molecular complexity index is 519. The molecule has 1 aromatic heterocycles. The molecule has 0 spiro atoms. The Morgan fingerprint density at radius 2 is 2.18 bits per heavy atom. The average molecular weight is 279 g/mol. The van der Waals surface area contributed by atoms with Crippen molar-refractivity contribution in [1.82, 2.24) is 4.72 Å². The number of rotatable bonds is 5. The van der Waals surface area contributed by atoms with Crippen LogP contribution in [0.2, 0.25) is 0 Å². The topological polar surface area (TPSA) is 104 Å². The molecule has 17 heavy (non-hydrogen) atoms. The lowest BCUT2D eigenvalue weighted by atomic mass is 10.3. The molecule has 0 aliphatic heterocycles. The number of aryl methyl sites for hydroxylation is 1. The van der Waals surface area contributed by atoms with Crippen LogP contribution in [0.5, 0.6) is 0 Å². The zero-order valence-electron chi connectivity index (χ0n) is 9.30. The van der Waals surface area contributed by atoms with E-state index in [1.54, 1.807) is 0 Å². The molecule has 0 saturated heterocycles. The van der Waals surface area contributed by atoms with Gasteiger partial charge in [0.15, 0.2) is 0 Å². The third kappa shape index (κ3) is 3.25. The monoisotopic (exact) mass is 279 g/mol. The number of aromatic carboxylic acids is 1. The SMILES string of the molecule is Cc1cc(S(=O)(=O)N[C@H](C)CO)sc1C(=O)O. The molecule has 1 atom stereocenters. The Hall–Kier alpha value is -0.960. The van der Waals surface area contributed by atoms with Crippen molar-refractivity contribution in [3.05, 3.63) is 16.5 Å². The summed E-state index contributed by atoms with van der Waals surface area (Å²) < 4.78 is 25.7. The third-order valence-electron chi connectivity index (χ3n) is 1.98. The van der Waals surface area contributed by atoms with Gasteiger partial charge < -0.3 is 10.2 Å². The van der Waals surface area contributed by atoms with Crippen LogP contribution in [0.15, 0.2) is 10.3 Å². The van der Waals surface area contributed by atoms with Crippen LogP contribution >= 0.6 is 11.3 Å². The molecule has 0 bridgehead atoms. The standard InChI is InChI=1S/C9H13NO5S2/c1-5-3-7(16-8(5)9(12)13)17(14,15)10-6(2)4-11/h3,6,10-11H,4H2,1-2H3,(H,12,13)/t6-/m1/s1. The van der Waals surface area contributed by atoms with Crippen molar-refractivity contribution in [1.29, 1.82) is 0 Å². The van der Waals surface area contributed by atoms with Gasteiger partial charge in [0.05, 0.1) is 6.61 Å². The molecule has 1 heterocycles. The van der Waals surface area contributed by atoms with E-state index >= 15 is 0 Å². The molecule has 0 radical (unpaired) electrons. The van der Waals surface area contributed by atoms with Gasteiger partial charge in [0.1, 0.15) is 9.09 Å². The van der Waals surface area contributed by atoms with E-state index in [2.05, 4.69) is 4.72 Å². The summed E-state index contributed by atoms with van der Waals surface area (Å²) in [5, 5.41) is 17.6. The predicted molar refractivity (Wildman–Crippen MR) is 62.9 cm³/mol. The minimum atomic E-state index is -3.76. The van der Waals surface area contributed by atoms with Gasteiger partial charge in [-0.2, -0.15) is 0 Å². The number of aliphatic hydroxyl groups excluding tert-OH is 1. The molecule has 0 fully saturated rings. The van der Waals surface area contributed by atoms with Crippen molar-refractivity contribution >= 4 is 27.3 Å². The van der Waals surface area contributed by atoms with Crippen molar-refractivity contribution < 1.29 is 23.4 Å². The highest BCUT2D eigenvalue weighted by Crippen LogP contribution is 2.25. The Morgan fingerprint density at radius 3 is 2.59 bits per heavy atom. The van der Waals surface area contributed by atoms with Crippen LogP contribution in [0.1, 0.15) is 22.2 Å². The van der Waals surface area contributed by atoms with Gasteiger partial charge in [0, 0.05) is 6.04 Å². The molecule has 0 aliphatic rings. The normalized spacial score (nSPS) is 13.6. The second kappa shape index (κ2) is 5.13. The first kappa shape index (κ1) is 14.1. The average Bonchev–Trinajstić information content (AvgIpc) is 2.60. The minimum absolute atomic E-state index is 0.00188. The molecule has 1 aromatic rings. The van der Waals surface area contributed by atoms with Gasteiger partial charge in [-0.05, 0) is 25.5 Å². The van der Waals surface area contributed by atoms with E-state index in [4.69, 9.17) is 10.2 Å². The summed E-state index contributed by atoms with van der Waals surface area (Å²) in [7, 11) is -3.76. The quantitative estimate of drug-likeness (QED) is 0.724. The number of carbonyl (C=O) groups is 1. The molecule has 0 amide bonds. The van der Waals surface area contributed by atoms with Gasteiger partial charge in [0.25, 0.3) is 0 Å². The lowest BCUT2D eigenvalue weighted by Gasteiger charge is -2.09. The van der Waals surface area contributed by atoms with Crippen molar-refractivity contribution in [2.45, 2.75) is 24.1 Å². The molecule has 8 heteroatoms. The van der Waals surface area contributed by atoms with Gasteiger partial charge in [-0.25, -0.2) is 17.9 Å². The summed E-state index contributed by atoms with van der Waals surface area (Å²) in [6, 6.07) is 0.691. The van der Waals surface area contributed by atoms with E-state index in [0.717, 1.165) is 0 Å². The summed E-state index contributed by atoms with van der Waals surface area (Å²) in [5.41, 5.74) is 0.402. The fraction of sp³-hybridized carbons (Fsp3) is 0.444. The highest BCUT2D eigenvalue weighted by Gasteiger charge is 2.22. The highest BCUT2D eigenvalue weighted by atomic mass is 32.2. The maximum atomic E-state index is 11.8. The molecule has 0 saturated carbocycles. The Labute approximate surface area is 103 Å². The van der Waals surface area contributed by atoms with Crippen LogP contribution < -0.4 is 4.72 Å². The number of carboxylic acid groups (broad SMARTS) is 1. The van der Waals surface area contributed by atoms with Crippen LogP contribution in [-0.2, 0) is 10.0 Å². The Morgan fingerprint density at radius 1 is 1.59 bits per heavy atom. The molecular formula is C9H13NO5S2. The van der Waals surface area contributed by atoms with Crippen LogP contribution in [0.4, 0.5) is 0 Å². The van der Waals surface area contributed by atoms with E-state index in [9.17, 15) is 13.2 Å².